The maximum Gasteiger partial charge on any atom is 0.228 e. The molecule has 0 saturated heterocycles. The summed E-state index contributed by atoms with van der Waals surface area (Å²) in [7, 11) is 0. The maximum atomic E-state index is 6.46. The smallest absolute Gasteiger partial charge is 0.228 e. The molecule has 9 aromatic carbocycles. The molecule has 3 heterocycles. The molecular weight excluding hydrogens is 705 g/mol. The van der Waals surface area contributed by atoms with E-state index < -0.39 is 0 Å². The van der Waals surface area contributed by atoms with Crippen molar-refractivity contribution in [3.63, 3.8) is 0 Å². The average Bonchev–Trinajstić information content (AvgIpc) is 3.97. The molecule has 12 rings (SSSR count). The van der Waals surface area contributed by atoms with Crippen molar-refractivity contribution in [1.29, 1.82) is 0 Å². The van der Waals surface area contributed by atoms with Crippen LogP contribution in [0, 0.1) is 0 Å². The van der Waals surface area contributed by atoms with Gasteiger partial charge in [0.15, 0.2) is 5.58 Å². The minimum atomic E-state index is 0.637. The molecule has 56 heavy (non-hydrogen) atoms. The Balaban J connectivity index is 1.01. The predicted octanol–water partition coefficient (Wildman–Crippen LogP) is 15.2. The summed E-state index contributed by atoms with van der Waals surface area (Å²) in [5.41, 5.74) is 9.97. The quantitative estimate of drug-likeness (QED) is 0.177. The lowest BCUT2D eigenvalue weighted by molar-refractivity contribution is 0.621. The van der Waals surface area contributed by atoms with Crippen LogP contribution in [0.5, 0.6) is 0 Å². The molecule has 0 radical (unpaired) electrons. The number of thiophene rings is 1. The first-order chi connectivity index (χ1) is 27.7. The number of anilines is 3. The molecule has 0 amide bonds. The molecule has 0 aliphatic carbocycles. The van der Waals surface area contributed by atoms with Crippen molar-refractivity contribution in [2.75, 3.05) is 4.90 Å². The number of aromatic nitrogens is 1. The standard InChI is InChI=1S/C51H30N2O2S/c1-3-12-37-31(9-1)11-7-15-38(37)33-19-22-34(23-20-33)53(35-24-26-41-40-14-5-6-17-44(40)54-46(41)29-35)36-25-27-42-48(30-36)56-47-18-8-16-43(49(42)47)51-52-50-39-13-4-2-10-32(39)21-28-45(50)55-51/h1-30H. The summed E-state index contributed by atoms with van der Waals surface area (Å²) < 4.78 is 15.2. The van der Waals surface area contributed by atoms with Gasteiger partial charge in [0.25, 0.3) is 0 Å². The van der Waals surface area contributed by atoms with Gasteiger partial charge >= 0.3 is 0 Å². The van der Waals surface area contributed by atoms with Crippen molar-refractivity contribution in [3.8, 4) is 22.6 Å². The van der Waals surface area contributed by atoms with E-state index in [1.165, 1.54) is 36.7 Å². The normalized spacial score (nSPS) is 11.9. The largest absolute Gasteiger partial charge is 0.456 e. The molecule has 0 saturated carbocycles. The van der Waals surface area contributed by atoms with E-state index in [1.54, 1.807) is 11.3 Å². The van der Waals surface area contributed by atoms with Crippen LogP contribution in [0.25, 0.3) is 97.3 Å². The van der Waals surface area contributed by atoms with Gasteiger partial charge in [-0.05, 0) is 87.9 Å². The summed E-state index contributed by atoms with van der Waals surface area (Å²) >= 11 is 1.79. The Labute approximate surface area is 325 Å². The van der Waals surface area contributed by atoms with Crippen molar-refractivity contribution in [2.45, 2.75) is 0 Å². The third kappa shape index (κ3) is 4.81. The van der Waals surface area contributed by atoms with Gasteiger partial charge in [0.1, 0.15) is 16.7 Å². The summed E-state index contributed by atoms with van der Waals surface area (Å²) in [6.45, 7) is 0. The first kappa shape index (κ1) is 31.2. The van der Waals surface area contributed by atoms with E-state index in [0.29, 0.717) is 5.89 Å². The summed E-state index contributed by atoms with van der Waals surface area (Å²) in [4.78, 5) is 7.41. The van der Waals surface area contributed by atoms with E-state index in [-0.39, 0.29) is 0 Å². The van der Waals surface area contributed by atoms with Crippen LogP contribution in [-0.2, 0) is 0 Å². The third-order valence-corrected chi connectivity index (χ3v) is 12.2. The highest BCUT2D eigenvalue weighted by molar-refractivity contribution is 7.26. The number of benzene rings is 9. The van der Waals surface area contributed by atoms with Crippen molar-refractivity contribution in [1.82, 2.24) is 4.98 Å². The van der Waals surface area contributed by atoms with Crippen molar-refractivity contribution in [2.24, 2.45) is 0 Å². The summed E-state index contributed by atoms with van der Waals surface area (Å²) in [6.07, 6.45) is 0. The third-order valence-electron chi connectivity index (χ3n) is 11.1. The Morgan fingerprint density at radius 2 is 1.07 bits per heavy atom. The SMILES string of the molecule is c1ccc2c(-c3ccc(N(c4ccc5c(c4)oc4ccccc45)c4ccc5c(c4)sc4cccc(-c6nc7c(ccc8ccccc87)o6)c45)cc3)cccc2c1. The Morgan fingerprint density at radius 3 is 1.95 bits per heavy atom. The van der Waals surface area contributed by atoms with Gasteiger partial charge in [0, 0.05) is 65.0 Å². The van der Waals surface area contributed by atoms with Crippen LogP contribution in [0.3, 0.4) is 0 Å². The Bertz CT molecular complexity index is 3490. The van der Waals surface area contributed by atoms with Gasteiger partial charge in [-0.3, -0.25) is 0 Å². The van der Waals surface area contributed by atoms with E-state index in [4.69, 9.17) is 13.8 Å². The van der Waals surface area contributed by atoms with Crippen LogP contribution >= 0.6 is 11.3 Å². The molecule has 0 N–H and O–H groups in total. The molecule has 262 valence electrons. The van der Waals surface area contributed by atoms with Gasteiger partial charge < -0.3 is 13.7 Å². The van der Waals surface area contributed by atoms with Gasteiger partial charge in [0.05, 0.1) is 0 Å². The molecule has 0 aliphatic heterocycles. The monoisotopic (exact) mass is 734 g/mol. The van der Waals surface area contributed by atoms with Crippen LogP contribution in [0.2, 0.25) is 0 Å². The van der Waals surface area contributed by atoms with Crippen molar-refractivity contribution in [3.05, 3.63) is 182 Å². The molecule has 4 nitrogen and oxygen atoms in total. The van der Waals surface area contributed by atoms with E-state index in [0.717, 1.165) is 71.8 Å². The predicted molar refractivity (Wildman–Crippen MR) is 235 cm³/mol. The van der Waals surface area contributed by atoms with Gasteiger partial charge in [0.2, 0.25) is 5.89 Å². The second kappa shape index (κ2) is 12.2. The Hall–Kier alpha value is -7.21. The highest BCUT2D eigenvalue weighted by atomic mass is 32.1. The second-order valence-electron chi connectivity index (χ2n) is 14.3. The Morgan fingerprint density at radius 1 is 0.411 bits per heavy atom. The number of rotatable bonds is 5. The second-order valence-corrected chi connectivity index (χ2v) is 15.4. The molecule has 0 fully saturated rings. The van der Waals surface area contributed by atoms with Crippen molar-refractivity contribution < 1.29 is 8.83 Å². The van der Waals surface area contributed by atoms with Crippen LogP contribution in [0.4, 0.5) is 17.1 Å². The fourth-order valence-electron chi connectivity index (χ4n) is 8.48. The zero-order chi connectivity index (χ0) is 36.7. The fourth-order valence-corrected chi connectivity index (χ4v) is 9.64. The first-order valence-corrected chi connectivity index (χ1v) is 19.6. The Kier molecular flexibility index (Phi) is 6.76. The lowest BCUT2D eigenvalue weighted by Gasteiger charge is -2.26. The molecule has 0 bridgehead atoms. The molecule has 0 spiro atoms. The number of furan rings is 1. The van der Waals surface area contributed by atoms with Crippen LogP contribution in [0.15, 0.2) is 191 Å². The maximum absolute atomic E-state index is 6.46. The fraction of sp³-hybridized carbons (Fsp3) is 0. The van der Waals surface area contributed by atoms with Gasteiger partial charge in [-0.25, -0.2) is 4.98 Å². The molecule has 0 unspecified atom stereocenters. The lowest BCUT2D eigenvalue weighted by atomic mass is 9.98. The summed E-state index contributed by atoms with van der Waals surface area (Å²) in [6, 6.07) is 64.5. The molecule has 3 aromatic heterocycles. The summed E-state index contributed by atoms with van der Waals surface area (Å²) in [5.74, 6) is 0.637. The zero-order valence-electron chi connectivity index (χ0n) is 29.9. The molecule has 5 heteroatoms. The highest BCUT2D eigenvalue weighted by Crippen LogP contribution is 2.45. The number of para-hydroxylation sites is 1. The number of nitrogens with zero attached hydrogens (tertiary/aromatic N) is 2. The molecular formula is C51H30N2O2S. The van der Waals surface area contributed by atoms with Gasteiger partial charge in [-0.1, -0.05) is 115 Å². The lowest BCUT2D eigenvalue weighted by Crippen LogP contribution is -2.09. The number of oxazole rings is 1. The van der Waals surface area contributed by atoms with E-state index in [9.17, 15) is 0 Å². The minimum Gasteiger partial charge on any atom is -0.456 e. The summed E-state index contributed by atoms with van der Waals surface area (Å²) in [5, 5.41) is 9.29. The van der Waals surface area contributed by atoms with Crippen LogP contribution in [0.1, 0.15) is 0 Å². The zero-order valence-corrected chi connectivity index (χ0v) is 30.8. The molecule has 0 aliphatic rings. The van der Waals surface area contributed by atoms with E-state index in [2.05, 4.69) is 169 Å². The van der Waals surface area contributed by atoms with E-state index in [1.807, 2.05) is 18.2 Å². The van der Waals surface area contributed by atoms with Crippen LogP contribution in [-0.4, -0.2) is 4.98 Å². The number of hydrogen-bond acceptors (Lipinski definition) is 5. The molecule has 12 aromatic rings. The van der Waals surface area contributed by atoms with E-state index >= 15 is 0 Å². The van der Waals surface area contributed by atoms with Gasteiger partial charge in [-0.2, -0.15) is 0 Å². The highest BCUT2D eigenvalue weighted by Gasteiger charge is 2.20. The minimum absolute atomic E-state index is 0.637. The van der Waals surface area contributed by atoms with Gasteiger partial charge in [-0.15, -0.1) is 11.3 Å². The van der Waals surface area contributed by atoms with Crippen LogP contribution < -0.4 is 4.90 Å². The molecule has 0 atom stereocenters. The average molecular weight is 735 g/mol. The first-order valence-electron chi connectivity index (χ1n) is 18.8. The number of fused-ring (bicyclic) bond motifs is 10. The topological polar surface area (TPSA) is 42.4 Å². The van der Waals surface area contributed by atoms with Crippen molar-refractivity contribution >= 4 is 103 Å². The number of hydrogen-bond donors (Lipinski definition) is 0.